The molecule has 3 N–H and O–H groups in total. The fraction of sp³-hybridized carbons (Fsp3) is 0.524. The molecule has 0 radical (unpaired) electrons. The average molecular weight is 416 g/mol. The zero-order valence-corrected chi connectivity index (χ0v) is 18.0. The van der Waals surface area contributed by atoms with Crippen molar-refractivity contribution in [3.8, 4) is 0 Å². The molecule has 1 aromatic heterocycles. The number of hydrazine groups is 1. The van der Waals surface area contributed by atoms with Crippen molar-refractivity contribution < 1.29 is 4.79 Å². The Bertz CT molecular complexity index is 958. The van der Waals surface area contributed by atoms with Gasteiger partial charge in [0.25, 0.3) is 5.56 Å². The Morgan fingerprint density at radius 1 is 1.24 bits per heavy atom. The number of nitrogens with zero attached hydrogens (tertiary/aromatic N) is 2. The highest BCUT2D eigenvalue weighted by molar-refractivity contribution is 7.80. The highest BCUT2D eigenvalue weighted by atomic mass is 32.1. The summed E-state index contributed by atoms with van der Waals surface area (Å²) in [7, 11) is 1.68. The van der Waals surface area contributed by atoms with E-state index in [0.717, 1.165) is 6.42 Å². The second-order valence-corrected chi connectivity index (χ2v) is 8.34. The van der Waals surface area contributed by atoms with E-state index in [1.807, 2.05) is 12.1 Å². The van der Waals surface area contributed by atoms with Crippen LogP contribution in [0.25, 0.3) is 10.9 Å². The average Bonchev–Trinajstić information content (AvgIpc) is 2.71. The number of carbonyl (C=O) groups is 1. The number of hydrogen-bond donors (Lipinski definition) is 3. The van der Waals surface area contributed by atoms with Gasteiger partial charge in [-0.2, -0.15) is 0 Å². The molecule has 2 aromatic rings. The van der Waals surface area contributed by atoms with Gasteiger partial charge in [-0.1, -0.05) is 38.8 Å². The van der Waals surface area contributed by atoms with Crippen molar-refractivity contribution in [3.05, 3.63) is 40.4 Å². The molecule has 8 heteroatoms. The SMILES string of the molecule is C[C@@H]1[C@H](C)CCC[C@H]1NC(=S)NNC(=O)CCc1nc2ccccc2c(=O)n1C. The largest absolute Gasteiger partial charge is 0.358 e. The van der Waals surface area contributed by atoms with E-state index in [1.54, 1.807) is 19.2 Å². The summed E-state index contributed by atoms with van der Waals surface area (Å²) in [6.07, 6.45) is 4.09. The third kappa shape index (κ3) is 5.12. The lowest BCUT2D eigenvalue weighted by molar-refractivity contribution is -0.121. The minimum atomic E-state index is -0.207. The molecule has 156 valence electrons. The first kappa shape index (κ1) is 21.2. The van der Waals surface area contributed by atoms with Crippen molar-refractivity contribution >= 4 is 34.1 Å². The van der Waals surface area contributed by atoms with Crippen LogP contribution in [0.1, 0.15) is 45.4 Å². The zero-order chi connectivity index (χ0) is 21.0. The van der Waals surface area contributed by atoms with Crippen LogP contribution in [0.3, 0.4) is 0 Å². The smallest absolute Gasteiger partial charge is 0.261 e. The number of amides is 1. The molecule has 7 nitrogen and oxygen atoms in total. The van der Waals surface area contributed by atoms with Crippen LogP contribution in [0.2, 0.25) is 0 Å². The molecule has 1 aliphatic rings. The van der Waals surface area contributed by atoms with Crippen LogP contribution >= 0.6 is 12.2 Å². The van der Waals surface area contributed by atoms with Crippen molar-refractivity contribution in [3.63, 3.8) is 0 Å². The molecular formula is C21H29N5O2S. The molecule has 3 rings (SSSR count). The monoisotopic (exact) mass is 415 g/mol. The van der Waals surface area contributed by atoms with Gasteiger partial charge in [0.2, 0.25) is 5.91 Å². The van der Waals surface area contributed by atoms with Crippen molar-refractivity contribution in [2.45, 2.75) is 52.0 Å². The quantitative estimate of drug-likeness (QED) is 0.524. The van der Waals surface area contributed by atoms with Crippen LogP contribution in [0.15, 0.2) is 29.1 Å². The molecule has 1 aromatic carbocycles. The molecule has 1 fully saturated rings. The number of benzene rings is 1. The fourth-order valence-corrected chi connectivity index (χ4v) is 4.09. The highest BCUT2D eigenvalue weighted by Gasteiger charge is 2.27. The predicted molar refractivity (Wildman–Crippen MR) is 118 cm³/mol. The minimum Gasteiger partial charge on any atom is -0.358 e. The van der Waals surface area contributed by atoms with E-state index in [-0.39, 0.29) is 17.9 Å². The maximum absolute atomic E-state index is 12.4. The van der Waals surface area contributed by atoms with E-state index in [4.69, 9.17) is 12.2 Å². The van der Waals surface area contributed by atoms with E-state index in [1.165, 1.54) is 17.4 Å². The number of nitrogens with one attached hydrogen (secondary N) is 3. The Hall–Kier alpha value is -2.48. The minimum absolute atomic E-state index is 0.106. The number of hydrogen-bond acceptors (Lipinski definition) is 4. The van der Waals surface area contributed by atoms with E-state index < -0.39 is 0 Å². The van der Waals surface area contributed by atoms with E-state index in [2.05, 4.69) is 35.0 Å². The third-order valence-corrected chi connectivity index (χ3v) is 6.21. The van der Waals surface area contributed by atoms with Crippen LogP contribution in [-0.2, 0) is 18.3 Å². The number of rotatable bonds is 4. The fourth-order valence-electron chi connectivity index (χ4n) is 3.89. The first-order chi connectivity index (χ1) is 13.9. The molecule has 0 aliphatic heterocycles. The van der Waals surface area contributed by atoms with Gasteiger partial charge >= 0.3 is 0 Å². The summed E-state index contributed by atoms with van der Waals surface area (Å²) < 4.78 is 1.50. The molecule has 1 heterocycles. The van der Waals surface area contributed by atoms with Crippen LogP contribution in [0, 0.1) is 11.8 Å². The molecule has 1 saturated carbocycles. The Kier molecular flexibility index (Phi) is 6.84. The molecular weight excluding hydrogens is 386 g/mol. The lowest BCUT2D eigenvalue weighted by atomic mass is 9.78. The van der Waals surface area contributed by atoms with Crippen molar-refractivity contribution in [1.82, 2.24) is 25.7 Å². The molecule has 0 spiro atoms. The van der Waals surface area contributed by atoms with Gasteiger partial charge in [-0.25, -0.2) is 4.98 Å². The summed E-state index contributed by atoms with van der Waals surface area (Å²) in [5, 5.41) is 4.32. The van der Waals surface area contributed by atoms with Gasteiger partial charge in [-0.05, 0) is 42.6 Å². The first-order valence-corrected chi connectivity index (χ1v) is 10.6. The summed E-state index contributed by atoms with van der Waals surface area (Å²) >= 11 is 5.32. The number of aryl methyl sites for hydroxylation is 1. The summed E-state index contributed by atoms with van der Waals surface area (Å²) in [6.45, 7) is 4.51. The Morgan fingerprint density at radius 2 is 2.00 bits per heavy atom. The van der Waals surface area contributed by atoms with Gasteiger partial charge in [0.05, 0.1) is 10.9 Å². The lowest BCUT2D eigenvalue weighted by Crippen LogP contribution is -2.52. The summed E-state index contributed by atoms with van der Waals surface area (Å²) in [6, 6.07) is 7.55. The Morgan fingerprint density at radius 3 is 2.79 bits per heavy atom. The van der Waals surface area contributed by atoms with E-state index in [9.17, 15) is 9.59 Å². The van der Waals surface area contributed by atoms with Gasteiger partial charge < -0.3 is 5.32 Å². The van der Waals surface area contributed by atoms with Crippen molar-refractivity contribution in [2.24, 2.45) is 18.9 Å². The standard InChI is InChI=1S/C21H29N5O2S/c1-13-7-6-10-16(14(13)2)23-21(29)25-24-19(27)12-11-18-22-17-9-5-4-8-15(17)20(28)26(18)3/h4-5,8-9,13-14,16H,6-7,10-12H2,1-3H3,(H,24,27)(H2,23,25,29)/t13-,14-,16-/m1/s1. The number of para-hydroxylation sites is 1. The van der Waals surface area contributed by atoms with E-state index in [0.29, 0.717) is 46.1 Å². The van der Waals surface area contributed by atoms with Gasteiger partial charge in [-0.3, -0.25) is 25.0 Å². The van der Waals surface area contributed by atoms with Gasteiger partial charge in [0.15, 0.2) is 5.11 Å². The number of fused-ring (bicyclic) bond motifs is 1. The van der Waals surface area contributed by atoms with Gasteiger partial charge in [0.1, 0.15) is 5.82 Å². The lowest BCUT2D eigenvalue weighted by Gasteiger charge is -2.35. The number of aromatic nitrogens is 2. The summed E-state index contributed by atoms with van der Waals surface area (Å²) in [4.78, 5) is 29.2. The molecule has 3 atom stereocenters. The van der Waals surface area contributed by atoms with Gasteiger partial charge in [-0.15, -0.1) is 0 Å². The second kappa shape index (κ2) is 9.35. The molecule has 1 aliphatic carbocycles. The van der Waals surface area contributed by atoms with Gasteiger partial charge in [0, 0.05) is 25.9 Å². The topological polar surface area (TPSA) is 88.1 Å². The van der Waals surface area contributed by atoms with Crippen LogP contribution in [-0.4, -0.2) is 26.6 Å². The molecule has 1 amide bonds. The first-order valence-electron chi connectivity index (χ1n) is 10.2. The van der Waals surface area contributed by atoms with Crippen LogP contribution < -0.4 is 21.7 Å². The normalized spacial score (nSPS) is 21.6. The van der Waals surface area contributed by atoms with Crippen LogP contribution in [0.5, 0.6) is 0 Å². The molecule has 0 unspecified atom stereocenters. The summed E-state index contributed by atoms with van der Waals surface area (Å²) in [5.74, 6) is 1.58. The van der Waals surface area contributed by atoms with Crippen molar-refractivity contribution in [2.75, 3.05) is 0 Å². The van der Waals surface area contributed by atoms with Crippen LogP contribution in [0.4, 0.5) is 0 Å². The molecule has 0 saturated heterocycles. The third-order valence-electron chi connectivity index (χ3n) is 5.99. The Balaban J connectivity index is 1.50. The number of thiocarbonyl (C=S) groups is 1. The molecule has 0 bridgehead atoms. The Labute approximate surface area is 176 Å². The number of carbonyl (C=O) groups excluding carboxylic acids is 1. The maximum atomic E-state index is 12.4. The molecule has 29 heavy (non-hydrogen) atoms. The zero-order valence-electron chi connectivity index (χ0n) is 17.2. The predicted octanol–water partition coefficient (Wildman–Crippen LogP) is 2.19. The second-order valence-electron chi connectivity index (χ2n) is 7.93. The van der Waals surface area contributed by atoms with Crippen molar-refractivity contribution in [1.29, 1.82) is 0 Å². The maximum Gasteiger partial charge on any atom is 0.261 e. The van der Waals surface area contributed by atoms with E-state index >= 15 is 0 Å². The highest BCUT2D eigenvalue weighted by Crippen LogP contribution is 2.29. The summed E-state index contributed by atoms with van der Waals surface area (Å²) in [5.41, 5.74) is 5.96.